The summed E-state index contributed by atoms with van der Waals surface area (Å²) in [5.41, 5.74) is 7.53. The monoisotopic (exact) mass is 295 g/mol. The van der Waals surface area contributed by atoms with E-state index >= 15 is 0 Å². The van der Waals surface area contributed by atoms with Crippen LogP contribution >= 0.6 is 15.9 Å². The average Bonchev–Trinajstić information content (AvgIpc) is 2.78. The lowest BCUT2D eigenvalue weighted by Gasteiger charge is -2.00. The van der Waals surface area contributed by atoms with E-state index in [1.165, 1.54) is 0 Å². The predicted octanol–water partition coefficient (Wildman–Crippen LogP) is 2.70. The second-order valence-corrected chi connectivity index (χ2v) is 4.73. The molecule has 0 radical (unpaired) electrons. The normalized spacial score (nSPS) is 10.8. The van der Waals surface area contributed by atoms with Crippen molar-refractivity contribution in [2.75, 3.05) is 6.54 Å². The number of benzene rings is 1. The molecule has 0 fully saturated rings. The summed E-state index contributed by atoms with van der Waals surface area (Å²) in [6, 6.07) is 6.03. The van der Waals surface area contributed by atoms with Gasteiger partial charge in [0.25, 0.3) is 0 Å². The summed E-state index contributed by atoms with van der Waals surface area (Å²) in [6.45, 7) is 2.66. The molecule has 0 bridgehead atoms. The van der Waals surface area contributed by atoms with Crippen LogP contribution in [0.2, 0.25) is 0 Å². The van der Waals surface area contributed by atoms with Crippen LogP contribution in [0.1, 0.15) is 17.9 Å². The Hall–Kier alpha value is -1.20. The summed E-state index contributed by atoms with van der Waals surface area (Å²) in [4.78, 5) is 0. The van der Waals surface area contributed by atoms with Crippen LogP contribution in [0.3, 0.4) is 0 Å². The first-order valence-electron chi connectivity index (χ1n) is 5.49. The number of hydrogen-bond donors (Lipinski definition) is 1. The van der Waals surface area contributed by atoms with Crippen LogP contribution in [0.25, 0.3) is 11.5 Å². The van der Waals surface area contributed by atoms with Gasteiger partial charge in [0.05, 0.1) is 5.56 Å². The van der Waals surface area contributed by atoms with Crippen LogP contribution in [0.4, 0.5) is 0 Å². The molecule has 5 heteroatoms. The molecule has 1 aromatic heterocycles. The number of halogens is 1. The third-order valence-corrected chi connectivity index (χ3v) is 3.11. The van der Waals surface area contributed by atoms with Crippen LogP contribution in [0.5, 0.6) is 0 Å². The van der Waals surface area contributed by atoms with E-state index in [9.17, 15) is 0 Å². The van der Waals surface area contributed by atoms with Gasteiger partial charge in [-0.3, -0.25) is 0 Å². The van der Waals surface area contributed by atoms with E-state index < -0.39 is 0 Å². The Balaban J connectivity index is 2.27. The van der Waals surface area contributed by atoms with Crippen LogP contribution in [-0.4, -0.2) is 16.7 Å². The Labute approximate surface area is 108 Å². The Bertz CT molecular complexity index is 510. The van der Waals surface area contributed by atoms with Crippen molar-refractivity contribution < 1.29 is 4.42 Å². The molecule has 4 nitrogen and oxygen atoms in total. The fraction of sp³-hybridized carbons (Fsp3) is 0.333. The maximum Gasteiger partial charge on any atom is 0.248 e. The topological polar surface area (TPSA) is 64.9 Å². The Morgan fingerprint density at radius 2 is 2.18 bits per heavy atom. The minimum absolute atomic E-state index is 0.549. The molecule has 1 heterocycles. The van der Waals surface area contributed by atoms with E-state index in [2.05, 4.69) is 26.1 Å². The third kappa shape index (κ3) is 2.92. The van der Waals surface area contributed by atoms with Gasteiger partial charge in [-0.25, -0.2) is 0 Å². The molecule has 0 atom stereocenters. The summed E-state index contributed by atoms with van der Waals surface area (Å²) in [6.07, 6.45) is 1.59. The van der Waals surface area contributed by atoms with E-state index in [4.69, 9.17) is 10.2 Å². The lowest BCUT2D eigenvalue weighted by molar-refractivity contribution is 0.498. The van der Waals surface area contributed by atoms with Crippen molar-refractivity contribution in [2.24, 2.45) is 5.73 Å². The number of rotatable bonds is 4. The maximum absolute atomic E-state index is 5.60. The Morgan fingerprint density at radius 1 is 1.35 bits per heavy atom. The van der Waals surface area contributed by atoms with E-state index in [1.54, 1.807) is 0 Å². The highest BCUT2D eigenvalue weighted by Crippen LogP contribution is 2.28. The summed E-state index contributed by atoms with van der Waals surface area (Å²) in [5.74, 6) is 1.19. The molecule has 2 aromatic rings. The van der Waals surface area contributed by atoms with Gasteiger partial charge in [0.2, 0.25) is 11.8 Å². The van der Waals surface area contributed by atoms with Crippen LogP contribution in [0.15, 0.2) is 27.1 Å². The highest BCUT2D eigenvalue weighted by Gasteiger charge is 2.11. The highest BCUT2D eigenvalue weighted by atomic mass is 79.9. The molecule has 0 saturated heterocycles. The Morgan fingerprint density at radius 3 is 2.94 bits per heavy atom. The maximum atomic E-state index is 5.60. The van der Waals surface area contributed by atoms with Crippen molar-refractivity contribution in [3.63, 3.8) is 0 Å². The van der Waals surface area contributed by atoms with Gasteiger partial charge in [-0.2, -0.15) is 0 Å². The van der Waals surface area contributed by atoms with Crippen molar-refractivity contribution in [3.8, 4) is 11.5 Å². The average molecular weight is 296 g/mol. The molecule has 0 aliphatic carbocycles. The van der Waals surface area contributed by atoms with Crippen molar-refractivity contribution in [1.29, 1.82) is 0 Å². The zero-order chi connectivity index (χ0) is 12.3. The number of nitrogens with two attached hydrogens (primary N) is 1. The standard InChI is InChI=1S/C12H14BrN3O/c1-8-4-5-10(13)9(7-8)12-16-15-11(17-12)3-2-6-14/h4-5,7H,2-3,6,14H2,1H3. The number of aromatic nitrogens is 2. The van der Waals surface area contributed by atoms with Gasteiger partial charge in [-0.15, -0.1) is 10.2 Å². The van der Waals surface area contributed by atoms with Crippen LogP contribution in [-0.2, 0) is 6.42 Å². The molecular weight excluding hydrogens is 282 g/mol. The predicted molar refractivity (Wildman–Crippen MR) is 69.5 cm³/mol. The first kappa shape index (κ1) is 12.3. The van der Waals surface area contributed by atoms with Crippen molar-refractivity contribution in [1.82, 2.24) is 10.2 Å². The van der Waals surface area contributed by atoms with Crippen molar-refractivity contribution >= 4 is 15.9 Å². The third-order valence-electron chi connectivity index (χ3n) is 2.41. The van der Waals surface area contributed by atoms with Crippen molar-refractivity contribution in [3.05, 3.63) is 34.1 Å². The van der Waals surface area contributed by atoms with Gasteiger partial charge >= 0.3 is 0 Å². The zero-order valence-corrected chi connectivity index (χ0v) is 11.2. The lowest BCUT2D eigenvalue weighted by atomic mass is 10.1. The van der Waals surface area contributed by atoms with Gasteiger partial charge in [0.1, 0.15) is 0 Å². The molecule has 17 heavy (non-hydrogen) atoms. The molecular formula is C12H14BrN3O. The highest BCUT2D eigenvalue weighted by molar-refractivity contribution is 9.10. The van der Waals surface area contributed by atoms with E-state index in [1.807, 2.05) is 25.1 Å². The summed E-state index contributed by atoms with van der Waals surface area (Å²) < 4.78 is 6.56. The number of nitrogens with zero attached hydrogens (tertiary/aromatic N) is 2. The quantitative estimate of drug-likeness (QED) is 0.942. The van der Waals surface area contributed by atoms with Crippen LogP contribution in [0, 0.1) is 6.92 Å². The van der Waals surface area contributed by atoms with Gasteiger partial charge in [0, 0.05) is 10.9 Å². The molecule has 0 saturated carbocycles. The largest absolute Gasteiger partial charge is 0.421 e. The van der Waals surface area contributed by atoms with Gasteiger partial charge in [-0.1, -0.05) is 11.6 Å². The molecule has 0 spiro atoms. The molecule has 0 aliphatic heterocycles. The van der Waals surface area contributed by atoms with E-state index in [0.29, 0.717) is 18.3 Å². The second kappa shape index (κ2) is 5.42. The van der Waals surface area contributed by atoms with Gasteiger partial charge < -0.3 is 10.2 Å². The second-order valence-electron chi connectivity index (χ2n) is 3.88. The van der Waals surface area contributed by atoms with E-state index in [-0.39, 0.29) is 0 Å². The number of aryl methyl sites for hydroxylation is 2. The lowest BCUT2D eigenvalue weighted by Crippen LogP contribution is -2.00. The van der Waals surface area contributed by atoms with Crippen molar-refractivity contribution in [2.45, 2.75) is 19.8 Å². The molecule has 0 unspecified atom stereocenters. The fourth-order valence-electron chi connectivity index (χ4n) is 1.52. The van der Waals surface area contributed by atoms with E-state index in [0.717, 1.165) is 28.4 Å². The molecule has 90 valence electrons. The summed E-state index contributed by atoms with van der Waals surface area (Å²) in [5, 5.41) is 8.06. The smallest absolute Gasteiger partial charge is 0.248 e. The fourth-order valence-corrected chi connectivity index (χ4v) is 1.94. The minimum atomic E-state index is 0.549. The molecule has 2 N–H and O–H groups in total. The summed E-state index contributed by atoms with van der Waals surface area (Å²) >= 11 is 3.48. The summed E-state index contributed by atoms with van der Waals surface area (Å²) in [7, 11) is 0. The minimum Gasteiger partial charge on any atom is -0.421 e. The molecule has 2 rings (SSSR count). The zero-order valence-electron chi connectivity index (χ0n) is 9.61. The molecule has 0 aliphatic rings. The molecule has 0 amide bonds. The van der Waals surface area contributed by atoms with Gasteiger partial charge in [-0.05, 0) is 48.0 Å². The first-order valence-corrected chi connectivity index (χ1v) is 6.29. The molecule has 1 aromatic carbocycles. The van der Waals surface area contributed by atoms with Crippen LogP contribution < -0.4 is 5.73 Å². The Kier molecular flexibility index (Phi) is 3.91. The first-order chi connectivity index (χ1) is 8.20. The number of hydrogen-bond acceptors (Lipinski definition) is 4. The SMILES string of the molecule is Cc1ccc(Br)c(-c2nnc(CCCN)o2)c1. The van der Waals surface area contributed by atoms with Gasteiger partial charge in [0.15, 0.2) is 0 Å².